The van der Waals surface area contributed by atoms with E-state index in [1.54, 1.807) is 13.8 Å². The first-order chi connectivity index (χ1) is 16.5. The highest BCUT2D eigenvalue weighted by atomic mass is 16.4. The van der Waals surface area contributed by atoms with Gasteiger partial charge in [0.2, 0.25) is 23.6 Å². The van der Waals surface area contributed by atoms with E-state index in [-0.39, 0.29) is 24.2 Å². The van der Waals surface area contributed by atoms with Crippen molar-refractivity contribution in [3.63, 3.8) is 0 Å². The maximum absolute atomic E-state index is 13.0. The van der Waals surface area contributed by atoms with Crippen molar-refractivity contribution in [2.45, 2.75) is 105 Å². The number of carboxylic acids is 1. The van der Waals surface area contributed by atoms with Gasteiger partial charge in [-0.1, -0.05) is 48.0 Å². The molecule has 36 heavy (non-hydrogen) atoms. The molecule has 0 rings (SSSR count). The maximum Gasteiger partial charge on any atom is 0.326 e. The Kier molecular flexibility index (Phi) is 14.2. The van der Waals surface area contributed by atoms with Crippen molar-refractivity contribution < 1.29 is 34.2 Å². The van der Waals surface area contributed by atoms with Gasteiger partial charge in [0.05, 0.1) is 12.1 Å². The van der Waals surface area contributed by atoms with Crippen molar-refractivity contribution in [1.29, 1.82) is 0 Å². The smallest absolute Gasteiger partial charge is 0.326 e. The summed E-state index contributed by atoms with van der Waals surface area (Å²) < 4.78 is 0. The van der Waals surface area contributed by atoms with Crippen molar-refractivity contribution in [3.8, 4) is 0 Å². The first-order valence-electron chi connectivity index (χ1n) is 12.4. The Labute approximate surface area is 213 Å². The highest BCUT2D eigenvalue weighted by Crippen LogP contribution is 2.10. The Balaban J connectivity index is 5.44. The van der Waals surface area contributed by atoms with E-state index in [0.717, 1.165) is 0 Å². The summed E-state index contributed by atoms with van der Waals surface area (Å²) in [4.78, 5) is 62.1. The summed E-state index contributed by atoms with van der Waals surface area (Å²) in [5.74, 6) is -4.44. The van der Waals surface area contributed by atoms with Crippen LogP contribution in [0.5, 0.6) is 0 Å². The Bertz CT molecular complexity index is 772. The van der Waals surface area contributed by atoms with Gasteiger partial charge in [-0.15, -0.1) is 0 Å². The number of nitrogens with one attached hydrogen (secondary N) is 4. The Morgan fingerprint density at radius 2 is 1.28 bits per heavy atom. The zero-order valence-corrected chi connectivity index (χ0v) is 22.6. The largest absolute Gasteiger partial charge is 0.480 e. The minimum absolute atomic E-state index is 0.0200. The lowest BCUT2D eigenvalue weighted by molar-refractivity contribution is -0.143. The predicted molar refractivity (Wildman–Crippen MR) is 134 cm³/mol. The lowest BCUT2D eigenvalue weighted by atomic mass is 9.97. The quantitative estimate of drug-likeness (QED) is 0.151. The number of carbonyl (C=O) groups excluding carboxylic acids is 4. The number of nitrogens with two attached hydrogens (primary N) is 1. The molecule has 12 nitrogen and oxygen atoms in total. The maximum atomic E-state index is 13.0. The van der Waals surface area contributed by atoms with E-state index in [9.17, 15) is 34.2 Å². The van der Waals surface area contributed by atoms with E-state index in [4.69, 9.17) is 5.73 Å². The summed E-state index contributed by atoms with van der Waals surface area (Å²) in [5.41, 5.74) is 5.98. The minimum atomic E-state index is -1.43. The number of aliphatic carboxylic acids is 1. The average Bonchev–Trinajstić information content (AvgIpc) is 2.77. The first kappa shape index (κ1) is 33.3. The number of hydrogen-bond acceptors (Lipinski definition) is 7. The predicted octanol–water partition coefficient (Wildman–Crippen LogP) is -0.514. The van der Waals surface area contributed by atoms with Crippen LogP contribution in [0.2, 0.25) is 0 Å². The Morgan fingerprint density at radius 1 is 0.750 bits per heavy atom. The fourth-order valence-corrected chi connectivity index (χ4v) is 3.30. The van der Waals surface area contributed by atoms with E-state index >= 15 is 0 Å². The second-order valence-electron chi connectivity index (χ2n) is 10.1. The summed E-state index contributed by atoms with van der Waals surface area (Å²) in [6, 6.07) is -5.52. The number of hydrogen-bond donors (Lipinski definition) is 7. The van der Waals surface area contributed by atoms with Gasteiger partial charge in [0.15, 0.2) is 0 Å². The molecule has 7 atom stereocenters. The van der Waals surface area contributed by atoms with Crippen LogP contribution in [0.1, 0.15) is 68.2 Å². The van der Waals surface area contributed by atoms with Crippen molar-refractivity contribution in [2.75, 3.05) is 0 Å². The minimum Gasteiger partial charge on any atom is -0.480 e. The first-order valence-corrected chi connectivity index (χ1v) is 12.4. The average molecular weight is 516 g/mol. The second kappa shape index (κ2) is 15.4. The van der Waals surface area contributed by atoms with Gasteiger partial charge in [-0.05, 0) is 38.0 Å². The van der Waals surface area contributed by atoms with E-state index < -0.39 is 65.9 Å². The molecule has 208 valence electrons. The highest BCUT2D eigenvalue weighted by Gasteiger charge is 2.33. The van der Waals surface area contributed by atoms with E-state index in [1.807, 2.05) is 27.7 Å². The van der Waals surface area contributed by atoms with Gasteiger partial charge in [0.25, 0.3) is 0 Å². The molecule has 0 aromatic heterocycles. The number of amides is 4. The highest BCUT2D eigenvalue weighted by molar-refractivity contribution is 5.95. The molecule has 4 amide bonds. The van der Waals surface area contributed by atoms with E-state index in [0.29, 0.717) is 6.42 Å². The third kappa shape index (κ3) is 10.9. The standard InChI is InChI=1S/C24H45N5O7/c1-9-13(6)17(25)22(33)27-16(10-11(2)3)21(32)29-19(15(8)30)23(34)26-14(7)20(31)28-18(12(4)5)24(35)36/h11-19,30H,9-10,25H2,1-8H3,(H,26,34)(H,27,33)(H,28,31)(H,29,32)(H,35,36)/t13-,14-,15+,16-,17-,18-,19-/m0/s1. The van der Waals surface area contributed by atoms with Gasteiger partial charge >= 0.3 is 5.97 Å². The van der Waals surface area contributed by atoms with E-state index in [1.165, 1.54) is 13.8 Å². The van der Waals surface area contributed by atoms with Crippen molar-refractivity contribution >= 4 is 29.6 Å². The molecule has 0 unspecified atom stereocenters. The fourth-order valence-electron chi connectivity index (χ4n) is 3.30. The zero-order chi connectivity index (χ0) is 28.3. The number of carboxylic acid groups (broad SMARTS) is 1. The molecule has 0 heterocycles. The van der Waals surface area contributed by atoms with Crippen LogP contribution in [0, 0.1) is 17.8 Å². The summed E-state index contributed by atoms with van der Waals surface area (Å²) >= 11 is 0. The molecule has 0 aromatic carbocycles. The normalized spacial score (nSPS) is 17.2. The van der Waals surface area contributed by atoms with E-state index in [2.05, 4.69) is 21.3 Å². The third-order valence-corrected chi connectivity index (χ3v) is 5.94. The van der Waals surface area contributed by atoms with Crippen LogP contribution >= 0.6 is 0 Å². The molecular formula is C24H45N5O7. The molecule has 0 spiro atoms. The van der Waals surface area contributed by atoms with Gasteiger partial charge in [0, 0.05) is 0 Å². The molecule has 0 bridgehead atoms. The Morgan fingerprint density at radius 3 is 1.69 bits per heavy atom. The second-order valence-corrected chi connectivity index (χ2v) is 10.1. The van der Waals surface area contributed by atoms with Crippen LogP contribution in [-0.4, -0.2) is 76.1 Å². The molecule has 0 saturated heterocycles. The summed E-state index contributed by atoms with van der Waals surface area (Å²) in [5, 5.41) is 29.2. The third-order valence-electron chi connectivity index (χ3n) is 5.94. The van der Waals surface area contributed by atoms with Crippen molar-refractivity contribution in [3.05, 3.63) is 0 Å². The van der Waals surface area contributed by atoms with Gasteiger partial charge in [-0.3, -0.25) is 19.2 Å². The Hall–Kier alpha value is -2.73. The van der Waals surface area contributed by atoms with Crippen molar-refractivity contribution in [2.24, 2.45) is 23.5 Å². The van der Waals surface area contributed by atoms with Gasteiger partial charge in [-0.2, -0.15) is 0 Å². The molecule has 0 aliphatic carbocycles. The van der Waals surface area contributed by atoms with Gasteiger partial charge in [0.1, 0.15) is 24.2 Å². The molecule has 0 aromatic rings. The summed E-state index contributed by atoms with van der Waals surface area (Å²) in [6.45, 7) is 13.4. The SMILES string of the molecule is CC[C@H](C)[C@H](N)C(=O)N[C@@H](CC(C)C)C(=O)N[C@H](C(=O)N[C@@H](C)C(=O)N[C@H](C(=O)O)C(C)C)[C@@H](C)O. The number of aliphatic hydroxyl groups is 1. The van der Waals surface area contributed by atoms with Crippen LogP contribution in [0.4, 0.5) is 0 Å². The zero-order valence-electron chi connectivity index (χ0n) is 22.6. The number of aliphatic hydroxyl groups excluding tert-OH is 1. The van der Waals surface area contributed by atoms with Crippen molar-refractivity contribution in [1.82, 2.24) is 21.3 Å². The number of carbonyl (C=O) groups is 5. The molecule has 0 fully saturated rings. The lowest BCUT2D eigenvalue weighted by Gasteiger charge is -2.28. The summed E-state index contributed by atoms with van der Waals surface area (Å²) in [6.07, 6.45) is -0.385. The van der Waals surface area contributed by atoms with Crippen LogP contribution in [0.25, 0.3) is 0 Å². The van der Waals surface area contributed by atoms with Crippen LogP contribution in [0.3, 0.4) is 0 Å². The molecule has 12 heteroatoms. The van der Waals surface area contributed by atoms with Crippen LogP contribution < -0.4 is 27.0 Å². The van der Waals surface area contributed by atoms with Crippen LogP contribution in [0.15, 0.2) is 0 Å². The number of rotatable bonds is 15. The van der Waals surface area contributed by atoms with Crippen LogP contribution in [-0.2, 0) is 24.0 Å². The molecule has 0 saturated carbocycles. The summed E-state index contributed by atoms with van der Waals surface area (Å²) in [7, 11) is 0. The fraction of sp³-hybridized carbons (Fsp3) is 0.792. The molecule has 8 N–H and O–H groups in total. The molecular weight excluding hydrogens is 470 g/mol. The molecule has 0 aliphatic heterocycles. The molecule has 0 aliphatic rings. The molecule has 0 radical (unpaired) electrons. The van der Waals surface area contributed by atoms with Gasteiger partial charge in [-0.25, -0.2) is 4.79 Å². The van der Waals surface area contributed by atoms with Gasteiger partial charge < -0.3 is 37.2 Å². The topological polar surface area (TPSA) is 200 Å². The lowest BCUT2D eigenvalue weighted by Crippen LogP contribution is -2.61. The monoisotopic (exact) mass is 515 g/mol.